The van der Waals surface area contributed by atoms with Gasteiger partial charge in [0.2, 0.25) is 5.91 Å². The van der Waals surface area contributed by atoms with Crippen LogP contribution < -0.4 is 5.32 Å². The van der Waals surface area contributed by atoms with Gasteiger partial charge in [0.15, 0.2) is 5.76 Å². The van der Waals surface area contributed by atoms with Crippen LogP contribution in [-0.2, 0) is 17.9 Å². The van der Waals surface area contributed by atoms with Crippen molar-refractivity contribution in [3.8, 4) is 11.3 Å². The van der Waals surface area contributed by atoms with Crippen LogP contribution in [-0.4, -0.2) is 44.3 Å². The topological polar surface area (TPSA) is 89.1 Å². The standard InChI is InChI=1S/C19H24N6O2/c1-5-25-14(3)19(13(2)22-25)21-18(26)12-24(4)11-16-10-17(23-27-16)15-6-8-20-9-7-15/h6-10H,5,11-12H2,1-4H3,(H,21,26). The summed E-state index contributed by atoms with van der Waals surface area (Å²) < 4.78 is 7.27. The Balaban J connectivity index is 1.58. The lowest BCUT2D eigenvalue weighted by Gasteiger charge is -2.14. The predicted octanol–water partition coefficient (Wildman–Crippen LogP) is 2.64. The number of nitrogens with zero attached hydrogens (tertiary/aromatic N) is 5. The van der Waals surface area contributed by atoms with E-state index in [0.717, 1.165) is 34.9 Å². The highest BCUT2D eigenvalue weighted by Crippen LogP contribution is 2.20. The maximum atomic E-state index is 12.4. The second-order valence-electron chi connectivity index (χ2n) is 6.50. The van der Waals surface area contributed by atoms with Crippen molar-refractivity contribution < 1.29 is 9.32 Å². The van der Waals surface area contributed by atoms with Gasteiger partial charge >= 0.3 is 0 Å². The molecule has 3 rings (SSSR count). The summed E-state index contributed by atoms with van der Waals surface area (Å²) in [6.07, 6.45) is 3.43. The Bertz CT molecular complexity index is 916. The summed E-state index contributed by atoms with van der Waals surface area (Å²) in [5.74, 6) is 0.608. The SMILES string of the molecule is CCn1nc(C)c(NC(=O)CN(C)Cc2cc(-c3ccncc3)no2)c1C. The fourth-order valence-electron chi connectivity index (χ4n) is 2.98. The second kappa shape index (κ2) is 8.13. The third-order valence-corrected chi connectivity index (χ3v) is 4.32. The molecule has 0 atom stereocenters. The Morgan fingerprint density at radius 2 is 2.04 bits per heavy atom. The minimum Gasteiger partial charge on any atom is -0.359 e. The van der Waals surface area contributed by atoms with Gasteiger partial charge in [-0.25, -0.2) is 0 Å². The van der Waals surface area contributed by atoms with Crippen molar-refractivity contribution in [2.24, 2.45) is 0 Å². The van der Waals surface area contributed by atoms with Crippen LogP contribution in [0.1, 0.15) is 24.1 Å². The van der Waals surface area contributed by atoms with Gasteiger partial charge < -0.3 is 9.84 Å². The van der Waals surface area contributed by atoms with Crippen molar-refractivity contribution in [3.63, 3.8) is 0 Å². The highest BCUT2D eigenvalue weighted by molar-refractivity contribution is 5.93. The number of aryl methyl sites for hydroxylation is 2. The molecule has 0 saturated heterocycles. The summed E-state index contributed by atoms with van der Waals surface area (Å²) in [7, 11) is 1.86. The largest absolute Gasteiger partial charge is 0.359 e. The molecule has 0 radical (unpaired) electrons. The van der Waals surface area contributed by atoms with Gasteiger partial charge in [-0.05, 0) is 40.0 Å². The molecule has 1 N–H and O–H groups in total. The Labute approximate surface area is 158 Å². The zero-order valence-corrected chi connectivity index (χ0v) is 16.1. The smallest absolute Gasteiger partial charge is 0.238 e. The number of rotatable bonds is 7. The number of hydrogen-bond donors (Lipinski definition) is 1. The van der Waals surface area contributed by atoms with Gasteiger partial charge in [0.05, 0.1) is 30.2 Å². The quantitative estimate of drug-likeness (QED) is 0.690. The van der Waals surface area contributed by atoms with Crippen LogP contribution in [0.15, 0.2) is 35.1 Å². The van der Waals surface area contributed by atoms with E-state index in [1.807, 2.05) is 55.6 Å². The molecule has 0 unspecified atom stereocenters. The third kappa shape index (κ3) is 4.40. The zero-order valence-electron chi connectivity index (χ0n) is 16.1. The van der Waals surface area contributed by atoms with Crippen molar-refractivity contribution in [2.45, 2.75) is 33.9 Å². The predicted molar refractivity (Wildman–Crippen MR) is 102 cm³/mol. The lowest BCUT2D eigenvalue weighted by atomic mass is 10.2. The normalized spacial score (nSPS) is 11.1. The molecule has 0 bridgehead atoms. The van der Waals surface area contributed by atoms with E-state index >= 15 is 0 Å². The molecule has 8 nitrogen and oxygen atoms in total. The average molecular weight is 368 g/mol. The highest BCUT2D eigenvalue weighted by Gasteiger charge is 2.16. The number of carbonyl (C=O) groups excluding carboxylic acids is 1. The Hall–Kier alpha value is -3.00. The Kier molecular flexibility index (Phi) is 5.66. The number of hydrogen-bond acceptors (Lipinski definition) is 6. The summed E-state index contributed by atoms with van der Waals surface area (Å²) in [5, 5.41) is 11.5. The number of pyridine rings is 1. The van der Waals surface area contributed by atoms with E-state index in [9.17, 15) is 4.79 Å². The van der Waals surface area contributed by atoms with E-state index in [1.54, 1.807) is 12.4 Å². The summed E-state index contributed by atoms with van der Waals surface area (Å²) in [6.45, 7) is 7.37. The lowest BCUT2D eigenvalue weighted by Crippen LogP contribution is -2.30. The van der Waals surface area contributed by atoms with E-state index in [2.05, 4.69) is 20.6 Å². The van der Waals surface area contributed by atoms with Crippen LogP contribution >= 0.6 is 0 Å². The van der Waals surface area contributed by atoms with Gasteiger partial charge in [0.25, 0.3) is 0 Å². The summed E-state index contributed by atoms with van der Waals surface area (Å²) in [4.78, 5) is 18.3. The van der Waals surface area contributed by atoms with Crippen LogP contribution in [0.5, 0.6) is 0 Å². The van der Waals surface area contributed by atoms with Crippen LogP contribution in [0.4, 0.5) is 5.69 Å². The zero-order chi connectivity index (χ0) is 19.4. The Morgan fingerprint density at radius 3 is 2.70 bits per heavy atom. The minimum absolute atomic E-state index is 0.0896. The molecule has 3 heterocycles. The summed E-state index contributed by atoms with van der Waals surface area (Å²) >= 11 is 0. The van der Waals surface area contributed by atoms with Crippen molar-refractivity contribution in [3.05, 3.63) is 47.7 Å². The first kappa shape index (κ1) is 18.8. The molecule has 3 aromatic rings. The van der Waals surface area contributed by atoms with Gasteiger partial charge in [-0.2, -0.15) is 5.10 Å². The molecule has 8 heteroatoms. The number of anilines is 1. The molecule has 0 aliphatic rings. The van der Waals surface area contributed by atoms with E-state index in [0.29, 0.717) is 12.3 Å². The van der Waals surface area contributed by atoms with Gasteiger partial charge in [-0.15, -0.1) is 0 Å². The number of aromatic nitrogens is 4. The molecule has 3 aromatic heterocycles. The van der Waals surface area contributed by atoms with E-state index < -0.39 is 0 Å². The molecular weight excluding hydrogens is 344 g/mol. The van der Waals surface area contributed by atoms with E-state index in [4.69, 9.17) is 4.52 Å². The first-order valence-corrected chi connectivity index (χ1v) is 8.86. The molecule has 0 fully saturated rings. The van der Waals surface area contributed by atoms with Crippen LogP contribution in [0.3, 0.4) is 0 Å². The van der Waals surface area contributed by atoms with Crippen LogP contribution in [0.25, 0.3) is 11.3 Å². The molecule has 0 aliphatic carbocycles. The third-order valence-electron chi connectivity index (χ3n) is 4.32. The number of likely N-dealkylation sites (N-methyl/N-ethyl adjacent to an activating group) is 1. The number of amides is 1. The average Bonchev–Trinajstić information content (AvgIpc) is 3.22. The highest BCUT2D eigenvalue weighted by atomic mass is 16.5. The summed E-state index contributed by atoms with van der Waals surface area (Å²) in [6, 6.07) is 5.63. The van der Waals surface area contributed by atoms with Crippen molar-refractivity contribution in [2.75, 3.05) is 18.9 Å². The fraction of sp³-hybridized carbons (Fsp3) is 0.368. The van der Waals surface area contributed by atoms with Gasteiger partial charge in [0, 0.05) is 30.6 Å². The van der Waals surface area contributed by atoms with Crippen molar-refractivity contribution in [1.29, 1.82) is 0 Å². The van der Waals surface area contributed by atoms with Crippen molar-refractivity contribution >= 4 is 11.6 Å². The lowest BCUT2D eigenvalue weighted by molar-refractivity contribution is -0.117. The first-order chi connectivity index (χ1) is 13.0. The van der Waals surface area contributed by atoms with E-state index in [-0.39, 0.29) is 12.5 Å². The molecule has 27 heavy (non-hydrogen) atoms. The van der Waals surface area contributed by atoms with Gasteiger partial charge in [-0.1, -0.05) is 5.16 Å². The molecular formula is C19H24N6O2. The molecule has 0 spiro atoms. The maximum Gasteiger partial charge on any atom is 0.238 e. The first-order valence-electron chi connectivity index (χ1n) is 8.86. The monoisotopic (exact) mass is 368 g/mol. The van der Waals surface area contributed by atoms with Crippen molar-refractivity contribution in [1.82, 2.24) is 24.8 Å². The molecule has 142 valence electrons. The molecule has 0 saturated carbocycles. The molecule has 0 aromatic carbocycles. The molecule has 0 aliphatic heterocycles. The number of nitrogens with one attached hydrogen (secondary N) is 1. The summed E-state index contributed by atoms with van der Waals surface area (Å²) in [5.41, 5.74) is 4.27. The second-order valence-corrected chi connectivity index (χ2v) is 6.50. The minimum atomic E-state index is -0.0896. The van der Waals surface area contributed by atoms with Gasteiger partial charge in [-0.3, -0.25) is 19.4 Å². The number of carbonyl (C=O) groups is 1. The fourth-order valence-corrected chi connectivity index (χ4v) is 2.98. The van der Waals surface area contributed by atoms with Gasteiger partial charge in [0.1, 0.15) is 5.69 Å². The van der Waals surface area contributed by atoms with Crippen LogP contribution in [0.2, 0.25) is 0 Å². The Morgan fingerprint density at radius 1 is 1.30 bits per heavy atom. The van der Waals surface area contributed by atoms with Crippen LogP contribution in [0, 0.1) is 13.8 Å². The maximum absolute atomic E-state index is 12.4. The van der Waals surface area contributed by atoms with E-state index in [1.165, 1.54) is 0 Å². The molecule has 1 amide bonds.